The van der Waals surface area contributed by atoms with Gasteiger partial charge in [-0.1, -0.05) is 48.5 Å². The normalized spacial score (nSPS) is 19.5. The Balaban J connectivity index is 1.38. The summed E-state index contributed by atoms with van der Waals surface area (Å²) in [6.07, 6.45) is 4.60. The summed E-state index contributed by atoms with van der Waals surface area (Å²) in [5.41, 5.74) is 5.63. The first-order valence-electron chi connectivity index (χ1n) is 8.85. The summed E-state index contributed by atoms with van der Waals surface area (Å²) in [6.45, 7) is 1.63. The quantitative estimate of drug-likeness (QED) is 0.828. The predicted molar refractivity (Wildman–Crippen MR) is 100 cm³/mol. The minimum atomic E-state index is 0.289. The van der Waals surface area contributed by atoms with Crippen LogP contribution in [0.2, 0.25) is 0 Å². The van der Waals surface area contributed by atoms with Gasteiger partial charge in [0.25, 0.3) is 0 Å². The molecule has 2 aromatic carbocycles. The molecule has 0 N–H and O–H groups in total. The number of hydrogen-bond donors (Lipinski definition) is 0. The molecule has 124 valence electrons. The third-order valence-electron chi connectivity index (χ3n) is 5.21. The van der Waals surface area contributed by atoms with Crippen LogP contribution in [0.1, 0.15) is 40.3 Å². The highest BCUT2D eigenvalue weighted by atomic mass is 32.2. The van der Waals surface area contributed by atoms with Crippen molar-refractivity contribution in [3.05, 3.63) is 70.8 Å². The second kappa shape index (κ2) is 7.02. The van der Waals surface area contributed by atoms with Crippen molar-refractivity contribution in [3.63, 3.8) is 0 Å². The molecule has 1 atom stereocenters. The third kappa shape index (κ3) is 3.23. The molecule has 0 spiro atoms. The maximum atomic E-state index is 12.7. The average molecular weight is 337 g/mol. The third-order valence-corrected chi connectivity index (χ3v) is 6.51. The number of aryl methyl sites for hydroxylation is 1. The Morgan fingerprint density at radius 2 is 1.75 bits per heavy atom. The van der Waals surface area contributed by atoms with E-state index in [9.17, 15) is 4.79 Å². The van der Waals surface area contributed by atoms with E-state index in [-0.39, 0.29) is 5.91 Å². The summed E-state index contributed by atoms with van der Waals surface area (Å²) in [4.78, 5) is 14.7. The Bertz CT molecular complexity index is 742. The van der Waals surface area contributed by atoms with Crippen molar-refractivity contribution in [3.8, 4) is 0 Å². The smallest absolute Gasteiger partial charge is 0.232 e. The molecule has 1 amide bonds. The van der Waals surface area contributed by atoms with E-state index in [0.717, 1.165) is 19.5 Å². The van der Waals surface area contributed by atoms with Gasteiger partial charge in [0.2, 0.25) is 5.91 Å². The van der Waals surface area contributed by atoms with Gasteiger partial charge in [0.15, 0.2) is 0 Å². The van der Waals surface area contributed by atoms with Crippen LogP contribution in [-0.2, 0) is 24.2 Å². The van der Waals surface area contributed by atoms with E-state index in [2.05, 4.69) is 48.5 Å². The molecule has 1 aliphatic heterocycles. The molecule has 0 saturated carbocycles. The van der Waals surface area contributed by atoms with Crippen molar-refractivity contribution >= 4 is 17.7 Å². The number of fused-ring (bicyclic) bond motifs is 2. The molecule has 0 bridgehead atoms. The minimum absolute atomic E-state index is 0.289. The van der Waals surface area contributed by atoms with Crippen molar-refractivity contribution in [1.82, 2.24) is 4.90 Å². The van der Waals surface area contributed by atoms with Gasteiger partial charge in [0.1, 0.15) is 0 Å². The van der Waals surface area contributed by atoms with Gasteiger partial charge >= 0.3 is 0 Å². The fourth-order valence-electron chi connectivity index (χ4n) is 3.85. The highest BCUT2D eigenvalue weighted by Gasteiger charge is 2.24. The van der Waals surface area contributed by atoms with E-state index < -0.39 is 0 Å². The summed E-state index contributed by atoms with van der Waals surface area (Å²) in [7, 11) is 0. The number of carbonyl (C=O) groups is 1. The number of thioether (sulfide) groups is 1. The lowest BCUT2D eigenvalue weighted by atomic mass is 9.91. The van der Waals surface area contributed by atoms with E-state index in [4.69, 9.17) is 0 Å². The van der Waals surface area contributed by atoms with Crippen molar-refractivity contribution in [2.24, 2.45) is 0 Å². The van der Waals surface area contributed by atoms with Crippen LogP contribution in [0.15, 0.2) is 48.5 Å². The maximum absolute atomic E-state index is 12.7. The Labute approximate surface area is 148 Å². The molecule has 1 heterocycles. The van der Waals surface area contributed by atoms with Gasteiger partial charge in [0.05, 0.1) is 5.75 Å². The summed E-state index contributed by atoms with van der Waals surface area (Å²) in [5.74, 6) is 0.888. The molecule has 1 aliphatic carbocycles. The summed E-state index contributed by atoms with van der Waals surface area (Å²) < 4.78 is 0. The Morgan fingerprint density at radius 3 is 2.62 bits per heavy atom. The number of benzene rings is 2. The van der Waals surface area contributed by atoms with Crippen LogP contribution in [0.4, 0.5) is 0 Å². The molecule has 24 heavy (non-hydrogen) atoms. The molecule has 0 saturated heterocycles. The lowest BCUT2D eigenvalue weighted by Gasteiger charge is -2.30. The van der Waals surface area contributed by atoms with Gasteiger partial charge in [-0.3, -0.25) is 4.79 Å². The van der Waals surface area contributed by atoms with E-state index >= 15 is 0 Å². The first kappa shape index (κ1) is 15.8. The van der Waals surface area contributed by atoms with Gasteiger partial charge < -0.3 is 4.90 Å². The van der Waals surface area contributed by atoms with Gasteiger partial charge in [-0.2, -0.15) is 0 Å². The van der Waals surface area contributed by atoms with E-state index in [0.29, 0.717) is 11.0 Å². The fourth-order valence-corrected chi connectivity index (χ4v) is 5.12. The first-order valence-corrected chi connectivity index (χ1v) is 9.90. The average Bonchev–Trinajstić information content (AvgIpc) is 2.65. The molecule has 0 aromatic heterocycles. The number of rotatable bonds is 3. The van der Waals surface area contributed by atoms with Crippen LogP contribution in [0, 0.1) is 0 Å². The second-order valence-electron chi connectivity index (χ2n) is 6.72. The van der Waals surface area contributed by atoms with Gasteiger partial charge in [-0.25, -0.2) is 0 Å². The summed E-state index contributed by atoms with van der Waals surface area (Å²) in [6, 6.07) is 17.2. The zero-order valence-corrected chi connectivity index (χ0v) is 14.7. The highest BCUT2D eigenvalue weighted by Crippen LogP contribution is 2.39. The number of amides is 1. The fraction of sp³-hybridized carbons (Fsp3) is 0.381. The molecule has 2 nitrogen and oxygen atoms in total. The zero-order chi connectivity index (χ0) is 16.4. The van der Waals surface area contributed by atoms with E-state index in [1.807, 2.05) is 16.7 Å². The van der Waals surface area contributed by atoms with Gasteiger partial charge in [0, 0.05) is 18.3 Å². The van der Waals surface area contributed by atoms with Gasteiger partial charge in [-0.15, -0.1) is 11.8 Å². The standard InChI is InChI=1S/C21H23NOS/c23-21(22-13-12-16-6-1-2-8-18(16)14-22)15-24-20-11-5-9-17-7-3-4-10-19(17)20/h1-4,6-8,10,20H,5,9,11-15H2/t20-/m0/s1. The number of hydrogen-bond acceptors (Lipinski definition) is 2. The molecular formula is C21H23NOS. The first-order chi connectivity index (χ1) is 11.8. The molecule has 2 aromatic rings. The molecular weight excluding hydrogens is 314 g/mol. The second-order valence-corrected chi connectivity index (χ2v) is 7.92. The zero-order valence-electron chi connectivity index (χ0n) is 13.9. The number of nitrogens with zero attached hydrogens (tertiary/aromatic N) is 1. The lowest BCUT2D eigenvalue weighted by molar-refractivity contribution is -0.129. The minimum Gasteiger partial charge on any atom is -0.337 e. The van der Waals surface area contributed by atoms with Crippen LogP contribution in [0.25, 0.3) is 0 Å². The Morgan fingerprint density at radius 1 is 1.00 bits per heavy atom. The number of carbonyl (C=O) groups excluding carboxylic acids is 1. The molecule has 0 unspecified atom stereocenters. The van der Waals surface area contributed by atoms with Gasteiger partial charge in [-0.05, 0) is 47.9 Å². The van der Waals surface area contributed by atoms with Crippen LogP contribution in [0.3, 0.4) is 0 Å². The summed E-state index contributed by atoms with van der Waals surface area (Å²) >= 11 is 1.83. The van der Waals surface area contributed by atoms with E-state index in [1.165, 1.54) is 41.5 Å². The van der Waals surface area contributed by atoms with Crippen LogP contribution in [-0.4, -0.2) is 23.1 Å². The molecule has 3 heteroatoms. The van der Waals surface area contributed by atoms with E-state index in [1.54, 1.807) is 0 Å². The molecule has 4 rings (SSSR count). The Hall–Kier alpha value is -1.74. The highest BCUT2D eigenvalue weighted by molar-refractivity contribution is 8.00. The largest absolute Gasteiger partial charge is 0.337 e. The Kier molecular flexibility index (Phi) is 4.61. The molecule has 0 fully saturated rings. The predicted octanol–water partition coefficient (Wildman–Crippen LogP) is 4.38. The summed E-state index contributed by atoms with van der Waals surface area (Å²) in [5, 5.41) is 0.482. The van der Waals surface area contributed by atoms with Crippen molar-refractivity contribution < 1.29 is 4.79 Å². The SMILES string of the molecule is O=C(CS[C@H]1CCCc2ccccc21)N1CCc2ccccc2C1. The topological polar surface area (TPSA) is 20.3 Å². The molecule has 2 aliphatic rings. The van der Waals surface area contributed by atoms with Crippen LogP contribution in [0.5, 0.6) is 0 Å². The molecule has 0 radical (unpaired) electrons. The van der Waals surface area contributed by atoms with Crippen LogP contribution < -0.4 is 0 Å². The van der Waals surface area contributed by atoms with Crippen molar-refractivity contribution in [2.45, 2.75) is 37.5 Å². The lowest BCUT2D eigenvalue weighted by Crippen LogP contribution is -2.37. The van der Waals surface area contributed by atoms with Crippen LogP contribution >= 0.6 is 11.8 Å². The maximum Gasteiger partial charge on any atom is 0.232 e. The van der Waals surface area contributed by atoms with Crippen molar-refractivity contribution in [2.75, 3.05) is 12.3 Å². The van der Waals surface area contributed by atoms with Crippen molar-refractivity contribution in [1.29, 1.82) is 0 Å². The monoisotopic (exact) mass is 337 g/mol.